The summed E-state index contributed by atoms with van der Waals surface area (Å²) >= 11 is 0. The molecular formula is C18H26F3N3O3S. The standard InChI is InChI=1S/C18H26F3N3O3S/c1-13-16(3-4-17(22-13)18(19,20)21)28(25,26)24-9-7-23(8-10-24)14(2)15-5-11-27-12-6-15/h3-4,14-15H,5-12H2,1-2H3/t14-/m1/s1. The number of aromatic nitrogens is 1. The van der Waals surface area contributed by atoms with Gasteiger partial charge in [-0.3, -0.25) is 4.90 Å². The maximum atomic E-state index is 12.9. The molecule has 1 aromatic heterocycles. The molecule has 0 amide bonds. The van der Waals surface area contributed by atoms with Crippen molar-refractivity contribution in [1.29, 1.82) is 0 Å². The highest BCUT2D eigenvalue weighted by atomic mass is 32.2. The number of ether oxygens (including phenoxy) is 1. The van der Waals surface area contributed by atoms with Gasteiger partial charge in [0.05, 0.1) is 5.69 Å². The molecular weight excluding hydrogens is 395 g/mol. The molecule has 0 saturated carbocycles. The molecule has 0 spiro atoms. The summed E-state index contributed by atoms with van der Waals surface area (Å²) in [5, 5.41) is 0. The first-order valence-electron chi connectivity index (χ1n) is 9.47. The molecule has 3 rings (SSSR count). The Labute approximate surface area is 163 Å². The van der Waals surface area contributed by atoms with Crippen LogP contribution in [-0.2, 0) is 20.9 Å². The third kappa shape index (κ3) is 4.50. The van der Waals surface area contributed by atoms with Crippen LogP contribution in [0.2, 0.25) is 0 Å². The van der Waals surface area contributed by atoms with Gasteiger partial charge in [0.2, 0.25) is 10.0 Å². The number of piperazine rings is 1. The van der Waals surface area contributed by atoms with Crippen molar-refractivity contribution in [1.82, 2.24) is 14.2 Å². The maximum absolute atomic E-state index is 12.9. The average molecular weight is 421 g/mol. The van der Waals surface area contributed by atoms with Crippen LogP contribution < -0.4 is 0 Å². The minimum absolute atomic E-state index is 0.132. The molecule has 2 fully saturated rings. The second-order valence-electron chi connectivity index (χ2n) is 7.41. The molecule has 1 atom stereocenters. The number of rotatable bonds is 4. The van der Waals surface area contributed by atoms with Crippen LogP contribution >= 0.6 is 0 Å². The Morgan fingerprint density at radius 2 is 1.75 bits per heavy atom. The molecule has 0 aliphatic carbocycles. The van der Waals surface area contributed by atoms with E-state index in [4.69, 9.17) is 4.74 Å². The van der Waals surface area contributed by atoms with Crippen molar-refractivity contribution in [2.24, 2.45) is 5.92 Å². The molecule has 2 aliphatic rings. The number of alkyl halides is 3. The predicted octanol–water partition coefficient (Wildman–Crippen LogP) is 2.53. The smallest absolute Gasteiger partial charge is 0.381 e. The predicted molar refractivity (Wildman–Crippen MR) is 97.3 cm³/mol. The fourth-order valence-electron chi connectivity index (χ4n) is 3.97. The Balaban J connectivity index is 1.68. The summed E-state index contributed by atoms with van der Waals surface area (Å²) < 4.78 is 70.9. The minimum Gasteiger partial charge on any atom is -0.381 e. The summed E-state index contributed by atoms with van der Waals surface area (Å²) in [6.07, 6.45) is -2.58. The topological polar surface area (TPSA) is 62.7 Å². The van der Waals surface area contributed by atoms with Gasteiger partial charge in [-0.2, -0.15) is 17.5 Å². The van der Waals surface area contributed by atoms with Crippen LogP contribution in [0.5, 0.6) is 0 Å². The lowest BCUT2D eigenvalue weighted by atomic mass is 9.91. The van der Waals surface area contributed by atoms with Crippen LogP contribution in [0.4, 0.5) is 13.2 Å². The first-order valence-corrected chi connectivity index (χ1v) is 10.9. The van der Waals surface area contributed by atoms with Gasteiger partial charge in [-0.05, 0) is 44.7 Å². The van der Waals surface area contributed by atoms with E-state index < -0.39 is 21.9 Å². The first-order chi connectivity index (χ1) is 13.1. The summed E-state index contributed by atoms with van der Waals surface area (Å²) in [4.78, 5) is 5.59. The Hall–Kier alpha value is -1.23. The molecule has 10 heteroatoms. The van der Waals surface area contributed by atoms with Gasteiger partial charge < -0.3 is 4.74 Å². The van der Waals surface area contributed by atoms with Gasteiger partial charge in [0.1, 0.15) is 10.6 Å². The Kier molecular flexibility index (Phi) is 6.33. The lowest BCUT2D eigenvalue weighted by Gasteiger charge is -2.41. The molecule has 0 unspecified atom stereocenters. The number of pyridine rings is 1. The molecule has 2 aliphatic heterocycles. The zero-order chi connectivity index (χ0) is 20.5. The molecule has 1 aromatic rings. The van der Waals surface area contributed by atoms with E-state index in [0.717, 1.165) is 38.2 Å². The molecule has 2 saturated heterocycles. The number of nitrogens with zero attached hydrogens (tertiary/aromatic N) is 3. The minimum atomic E-state index is -4.60. The highest BCUT2D eigenvalue weighted by molar-refractivity contribution is 7.89. The van der Waals surface area contributed by atoms with E-state index in [2.05, 4.69) is 16.8 Å². The number of sulfonamides is 1. The quantitative estimate of drug-likeness (QED) is 0.748. The van der Waals surface area contributed by atoms with E-state index in [-0.39, 0.29) is 10.6 Å². The van der Waals surface area contributed by atoms with Gasteiger partial charge in [-0.25, -0.2) is 13.4 Å². The van der Waals surface area contributed by atoms with Gasteiger partial charge in [-0.1, -0.05) is 0 Å². The van der Waals surface area contributed by atoms with Gasteiger partial charge in [0.25, 0.3) is 0 Å². The monoisotopic (exact) mass is 421 g/mol. The summed E-state index contributed by atoms with van der Waals surface area (Å²) in [7, 11) is -3.87. The molecule has 28 heavy (non-hydrogen) atoms. The van der Waals surface area contributed by atoms with Crippen LogP contribution in [0.3, 0.4) is 0 Å². The molecule has 0 radical (unpaired) electrons. The van der Waals surface area contributed by atoms with Crippen LogP contribution in [0.25, 0.3) is 0 Å². The highest BCUT2D eigenvalue weighted by Crippen LogP contribution is 2.30. The summed E-state index contributed by atoms with van der Waals surface area (Å²) in [6.45, 7) is 6.84. The Morgan fingerprint density at radius 3 is 2.29 bits per heavy atom. The number of hydrogen-bond acceptors (Lipinski definition) is 5. The van der Waals surface area contributed by atoms with Crippen LogP contribution in [-0.4, -0.2) is 68.0 Å². The van der Waals surface area contributed by atoms with E-state index >= 15 is 0 Å². The van der Waals surface area contributed by atoms with Gasteiger partial charge >= 0.3 is 6.18 Å². The molecule has 158 valence electrons. The van der Waals surface area contributed by atoms with E-state index in [1.807, 2.05) is 0 Å². The van der Waals surface area contributed by atoms with Crippen molar-refractivity contribution in [3.05, 3.63) is 23.5 Å². The highest BCUT2D eigenvalue weighted by Gasteiger charge is 2.36. The van der Waals surface area contributed by atoms with Crippen molar-refractivity contribution in [2.45, 2.75) is 43.8 Å². The van der Waals surface area contributed by atoms with Crippen molar-refractivity contribution in [3.63, 3.8) is 0 Å². The number of hydrogen-bond donors (Lipinski definition) is 0. The van der Waals surface area contributed by atoms with E-state index in [1.54, 1.807) is 0 Å². The van der Waals surface area contributed by atoms with Gasteiger partial charge in [0.15, 0.2) is 0 Å². The van der Waals surface area contributed by atoms with E-state index in [0.29, 0.717) is 38.1 Å². The van der Waals surface area contributed by atoms with Crippen molar-refractivity contribution in [2.75, 3.05) is 39.4 Å². The number of aryl methyl sites for hydroxylation is 1. The summed E-state index contributed by atoms with van der Waals surface area (Å²) in [5.41, 5.74) is -1.22. The fraction of sp³-hybridized carbons (Fsp3) is 0.722. The lowest BCUT2D eigenvalue weighted by Crippen LogP contribution is -2.53. The Bertz CT molecular complexity index is 787. The lowest BCUT2D eigenvalue weighted by molar-refractivity contribution is -0.141. The van der Waals surface area contributed by atoms with Gasteiger partial charge in [-0.15, -0.1) is 0 Å². The first kappa shape index (κ1) is 21.5. The maximum Gasteiger partial charge on any atom is 0.433 e. The summed E-state index contributed by atoms with van der Waals surface area (Å²) in [5.74, 6) is 0.540. The largest absolute Gasteiger partial charge is 0.433 e. The van der Waals surface area contributed by atoms with Crippen LogP contribution in [0, 0.1) is 12.8 Å². The normalized spacial score (nSPS) is 22.3. The van der Waals surface area contributed by atoms with E-state index in [1.165, 1.54) is 11.2 Å². The van der Waals surface area contributed by atoms with Crippen molar-refractivity contribution >= 4 is 10.0 Å². The average Bonchev–Trinajstić information content (AvgIpc) is 2.67. The third-order valence-corrected chi connectivity index (χ3v) is 7.78. The van der Waals surface area contributed by atoms with Crippen molar-refractivity contribution < 1.29 is 26.3 Å². The number of halogens is 3. The fourth-order valence-corrected chi connectivity index (χ4v) is 5.55. The molecule has 6 nitrogen and oxygen atoms in total. The zero-order valence-corrected chi connectivity index (χ0v) is 16.9. The molecule has 0 N–H and O–H groups in total. The van der Waals surface area contributed by atoms with Gasteiger partial charge in [0, 0.05) is 45.4 Å². The van der Waals surface area contributed by atoms with E-state index in [9.17, 15) is 21.6 Å². The third-order valence-electron chi connectivity index (χ3n) is 5.74. The summed E-state index contributed by atoms with van der Waals surface area (Å²) in [6, 6.07) is 2.09. The van der Waals surface area contributed by atoms with Crippen molar-refractivity contribution in [3.8, 4) is 0 Å². The molecule has 0 bridgehead atoms. The SMILES string of the molecule is Cc1nc(C(F)(F)F)ccc1S(=O)(=O)N1CCN([C@H](C)C2CCOCC2)CC1. The Morgan fingerprint density at radius 1 is 1.14 bits per heavy atom. The second kappa shape index (κ2) is 8.25. The van der Waals surface area contributed by atoms with Crippen LogP contribution in [0.1, 0.15) is 31.2 Å². The second-order valence-corrected chi connectivity index (χ2v) is 9.31. The molecule has 3 heterocycles. The molecule has 0 aromatic carbocycles. The zero-order valence-electron chi connectivity index (χ0n) is 16.1. The van der Waals surface area contributed by atoms with Crippen LogP contribution in [0.15, 0.2) is 17.0 Å².